The van der Waals surface area contributed by atoms with Crippen LogP contribution in [0.2, 0.25) is 0 Å². The van der Waals surface area contributed by atoms with E-state index in [0.29, 0.717) is 17.9 Å². The van der Waals surface area contributed by atoms with Gasteiger partial charge < -0.3 is 10.1 Å². The van der Waals surface area contributed by atoms with Crippen LogP contribution in [0.3, 0.4) is 0 Å². The first-order chi connectivity index (χ1) is 8.69. The van der Waals surface area contributed by atoms with Crippen molar-refractivity contribution in [2.45, 2.75) is 12.8 Å². The van der Waals surface area contributed by atoms with Crippen LogP contribution in [0.25, 0.3) is 0 Å². The van der Waals surface area contributed by atoms with Gasteiger partial charge in [0.15, 0.2) is 0 Å². The van der Waals surface area contributed by atoms with E-state index < -0.39 is 0 Å². The molecule has 0 aromatic heterocycles. The summed E-state index contributed by atoms with van der Waals surface area (Å²) >= 11 is 5.20. The number of hydrogen-bond acceptors (Lipinski definition) is 3. The lowest BCUT2D eigenvalue weighted by molar-refractivity contribution is 0.0952. The fourth-order valence-corrected chi connectivity index (χ4v) is 2.39. The number of ether oxygens (including phenoxy) is 1. The van der Waals surface area contributed by atoms with Crippen LogP contribution in [0.4, 0.5) is 0 Å². The molecule has 1 rings (SSSR count). The third-order valence-corrected chi connectivity index (χ3v) is 3.87. The molecule has 0 heterocycles. The molecule has 100 valence electrons. The van der Waals surface area contributed by atoms with Gasteiger partial charge in [0.25, 0.3) is 5.91 Å². The van der Waals surface area contributed by atoms with Crippen LogP contribution in [-0.4, -0.2) is 31.6 Å². The van der Waals surface area contributed by atoms with Crippen molar-refractivity contribution in [2.24, 2.45) is 0 Å². The summed E-state index contributed by atoms with van der Waals surface area (Å²) in [6, 6.07) is 5.38. The van der Waals surface area contributed by atoms with E-state index >= 15 is 0 Å². The highest BCUT2D eigenvalue weighted by atomic mass is 79.9. The van der Waals surface area contributed by atoms with Gasteiger partial charge in [-0.25, -0.2) is 0 Å². The second-order valence-corrected chi connectivity index (χ2v) is 5.64. The third kappa shape index (κ3) is 4.90. The van der Waals surface area contributed by atoms with E-state index in [0.717, 1.165) is 23.1 Å². The van der Waals surface area contributed by atoms with E-state index in [9.17, 15) is 4.79 Å². The van der Waals surface area contributed by atoms with Crippen molar-refractivity contribution in [3.63, 3.8) is 0 Å². The summed E-state index contributed by atoms with van der Waals surface area (Å²) in [5.74, 6) is 1.76. The number of carbonyl (C=O) groups is 1. The summed E-state index contributed by atoms with van der Waals surface area (Å²) in [6.07, 6.45) is 4.22. The molecule has 0 aliphatic carbocycles. The average molecular weight is 332 g/mol. The highest BCUT2D eigenvalue weighted by molar-refractivity contribution is 9.10. The number of hydrogen-bond donors (Lipinski definition) is 1. The number of halogens is 1. The Labute approximate surface area is 121 Å². The van der Waals surface area contributed by atoms with E-state index in [1.165, 1.54) is 0 Å². The third-order valence-electron chi connectivity index (χ3n) is 2.48. The largest absolute Gasteiger partial charge is 0.497 e. The fourth-order valence-electron chi connectivity index (χ4n) is 1.47. The first-order valence-corrected chi connectivity index (χ1v) is 7.98. The second-order valence-electron chi connectivity index (χ2n) is 3.80. The minimum Gasteiger partial charge on any atom is -0.497 e. The normalized spacial score (nSPS) is 10.2. The van der Waals surface area contributed by atoms with Gasteiger partial charge in [-0.3, -0.25) is 4.79 Å². The molecular formula is C13H18BrNO2S. The minimum absolute atomic E-state index is 0.0649. The molecule has 3 nitrogen and oxygen atoms in total. The van der Waals surface area contributed by atoms with Gasteiger partial charge in [0.1, 0.15) is 5.75 Å². The van der Waals surface area contributed by atoms with E-state index in [2.05, 4.69) is 27.5 Å². The molecular weight excluding hydrogens is 314 g/mol. The molecule has 0 aliphatic heterocycles. The molecule has 0 aliphatic rings. The fraction of sp³-hybridized carbons (Fsp3) is 0.462. The second kappa shape index (κ2) is 8.43. The van der Waals surface area contributed by atoms with Crippen LogP contribution < -0.4 is 10.1 Å². The van der Waals surface area contributed by atoms with E-state index in [-0.39, 0.29) is 5.91 Å². The number of unbranched alkanes of at least 4 members (excludes halogenated alkanes) is 1. The summed E-state index contributed by atoms with van der Waals surface area (Å²) in [6.45, 7) is 0.711. The Balaban J connectivity index is 2.50. The molecule has 0 radical (unpaired) electrons. The van der Waals surface area contributed by atoms with Gasteiger partial charge >= 0.3 is 0 Å². The zero-order valence-corrected chi connectivity index (χ0v) is 13.1. The van der Waals surface area contributed by atoms with Crippen LogP contribution in [0.15, 0.2) is 22.7 Å². The van der Waals surface area contributed by atoms with Crippen molar-refractivity contribution in [1.29, 1.82) is 0 Å². The average Bonchev–Trinajstić information content (AvgIpc) is 2.39. The maximum absolute atomic E-state index is 12.0. The molecule has 0 saturated heterocycles. The molecule has 5 heteroatoms. The number of benzene rings is 1. The van der Waals surface area contributed by atoms with Gasteiger partial charge in [-0.15, -0.1) is 0 Å². The van der Waals surface area contributed by atoms with E-state index in [1.54, 1.807) is 13.2 Å². The number of amides is 1. The number of nitrogens with one attached hydrogen (secondary N) is 1. The lowest BCUT2D eigenvalue weighted by Crippen LogP contribution is -2.24. The van der Waals surface area contributed by atoms with E-state index in [4.69, 9.17) is 4.74 Å². The Kier molecular flexibility index (Phi) is 7.20. The van der Waals surface area contributed by atoms with Gasteiger partial charge in [0, 0.05) is 11.0 Å². The zero-order chi connectivity index (χ0) is 13.4. The van der Waals surface area contributed by atoms with E-state index in [1.807, 2.05) is 23.9 Å². The Morgan fingerprint density at radius 2 is 2.22 bits per heavy atom. The van der Waals surface area contributed by atoms with Crippen molar-refractivity contribution in [3.8, 4) is 5.75 Å². The molecule has 0 fully saturated rings. The molecule has 0 unspecified atom stereocenters. The van der Waals surface area contributed by atoms with Crippen molar-refractivity contribution in [1.82, 2.24) is 5.32 Å². The van der Waals surface area contributed by atoms with Crippen LogP contribution in [-0.2, 0) is 0 Å². The van der Waals surface area contributed by atoms with Gasteiger partial charge in [-0.1, -0.05) is 0 Å². The van der Waals surface area contributed by atoms with Crippen LogP contribution in [0, 0.1) is 0 Å². The smallest absolute Gasteiger partial charge is 0.252 e. The van der Waals surface area contributed by atoms with Crippen molar-refractivity contribution in [3.05, 3.63) is 28.2 Å². The highest BCUT2D eigenvalue weighted by Gasteiger charge is 2.10. The monoisotopic (exact) mass is 331 g/mol. The topological polar surface area (TPSA) is 38.3 Å². The van der Waals surface area contributed by atoms with Gasteiger partial charge in [-0.2, -0.15) is 11.8 Å². The first-order valence-electron chi connectivity index (χ1n) is 5.79. The summed E-state index contributed by atoms with van der Waals surface area (Å²) in [4.78, 5) is 12.0. The summed E-state index contributed by atoms with van der Waals surface area (Å²) < 4.78 is 5.90. The van der Waals surface area contributed by atoms with Gasteiger partial charge in [0.2, 0.25) is 0 Å². The molecule has 0 bridgehead atoms. The number of rotatable bonds is 7. The maximum Gasteiger partial charge on any atom is 0.252 e. The minimum atomic E-state index is -0.0649. The predicted octanol–water partition coefficient (Wildman–Crippen LogP) is 3.33. The Morgan fingerprint density at radius 1 is 1.44 bits per heavy atom. The molecule has 1 aromatic carbocycles. The van der Waals surface area contributed by atoms with Crippen LogP contribution in [0.1, 0.15) is 23.2 Å². The maximum atomic E-state index is 12.0. The SMILES string of the molecule is COc1ccc(Br)c(C(=O)NCCCCSC)c1. The molecule has 0 spiro atoms. The van der Waals surface area contributed by atoms with Crippen LogP contribution in [0.5, 0.6) is 5.75 Å². The summed E-state index contributed by atoms with van der Waals surface area (Å²) in [5.41, 5.74) is 0.610. The Bertz CT molecular complexity index is 399. The first kappa shape index (κ1) is 15.4. The molecule has 1 aromatic rings. The Hall–Kier alpha value is -0.680. The van der Waals surface area contributed by atoms with Crippen molar-refractivity contribution in [2.75, 3.05) is 25.7 Å². The highest BCUT2D eigenvalue weighted by Crippen LogP contribution is 2.22. The van der Waals surface area contributed by atoms with Crippen LogP contribution >= 0.6 is 27.7 Å². The summed E-state index contributed by atoms with van der Waals surface area (Å²) in [5, 5.41) is 2.92. The summed E-state index contributed by atoms with van der Waals surface area (Å²) in [7, 11) is 1.59. The van der Waals surface area contributed by atoms with Gasteiger partial charge in [0.05, 0.1) is 12.7 Å². The van der Waals surface area contributed by atoms with Crippen molar-refractivity contribution >= 4 is 33.6 Å². The number of methoxy groups -OCH3 is 1. The standard InChI is InChI=1S/C13H18BrNO2S/c1-17-10-5-6-12(14)11(9-10)13(16)15-7-3-4-8-18-2/h5-6,9H,3-4,7-8H2,1-2H3,(H,15,16). The lowest BCUT2D eigenvalue weighted by atomic mass is 10.2. The molecule has 0 atom stereocenters. The zero-order valence-electron chi connectivity index (χ0n) is 10.7. The number of carbonyl (C=O) groups excluding carboxylic acids is 1. The molecule has 1 amide bonds. The number of thioether (sulfide) groups is 1. The van der Waals surface area contributed by atoms with Gasteiger partial charge in [-0.05, 0) is 59.0 Å². The predicted molar refractivity (Wildman–Crippen MR) is 80.6 cm³/mol. The quantitative estimate of drug-likeness (QED) is 0.779. The molecule has 18 heavy (non-hydrogen) atoms. The molecule has 0 saturated carbocycles. The lowest BCUT2D eigenvalue weighted by Gasteiger charge is -2.08. The molecule has 1 N–H and O–H groups in total. The Morgan fingerprint density at radius 3 is 2.89 bits per heavy atom. The van der Waals surface area contributed by atoms with Crippen molar-refractivity contribution < 1.29 is 9.53 Å².